The van der Waals surface area contributed by atoms with E-state index in [9.17, 15) is 4.79 Å². The highest BCUT2D eigenvalue weighted by molar-refractivity contribution is 6.31. The highest BCUT2D eigenvalue weighted by atomic mass is 35.5. The number of hydrogen-bond donors (Lipinski definition) is 0. The van der Waals surface area contributed by atoms with E-state index in [4.69, 9.17) is 16.3 Å². The van der Waals surface area contributed by atoms with Crippen molar-refractivity contribution in [1.82, 2.24) is 9.88 Å². The van der Waals surface area contributed by atoms with Gasteiger partial charge >= 0.3 is 0 Å². The van der Waals surface area contributed by atoms with Crippen LogP contribution in [-0.2, 0) is 4.79 Å². The van der Waals surface area contributed by atoms with Crippen LogP contribution in [0.25, 0.3) is 0 Å². The first-order valence-electron chi connectivity index (χ1n) is 9.37. The van der Waals surface area contributed by atoms with Crippen molar-refractivity contribution in [2.45, 2.75) is 18.4 Å². The van der Waals surface area contributed by atoms with Gasteiger partial charge < -0.3 is 9.64 Å². The van der Waals surface area contributed by atoms with Crippen LogP contribution in [0.5, 0.6) is 5.75 Å². The van der Waals surface area contributed by atoms with E-state index < -0.39 is 0 Å². The second-order valence-electron chi connectivity index (χ2n) is 6.87. The number of amides is 1. The Hall–Kier alpha value is -2.85. The van der Waals surface area contributed by atoms with Crippen molar-refractivity contribution in [2.75, 3.05) is 13.1 Å². The molecule has 0 N–H and O–H groups in total. The van der Waals surface area contributed by atoms with Crippen LogP contribution in [0.15, 0.2) is 79.1 Å². The Labute approximate surface area is 169 Å². The van der Waals surface area contributed by atoms with E-state index in [1.807, 2.05) is 65.6 Å². The number of nitrogens with zero attached hydrogens (tertiary/aromatic N) is 2. The molecule has 0 spiro atoms. The summed E-state index contributed by atoms with van der Waals surface area (Å²) in [5.74, 6) is 0.397. The van der Waals surface area contributed by atoms with Crippen LogP contribution in [0.3, 0.4) is 0 Å². The van der Waals surface area contributed by atoms with Crippen LogP contribution < -0.4 is 4.74 Å². The molecule has 2 aromatic carbocycles. The molecular formula is C23H21ClN2O2. The smallest absolute Gasteiger partial charge is 0.234 e. The minimum absolute atomic E-state index is 0.0731. The minimum Gasteiger partial charge on any atom is -0.487 e. The highest BCUT2D eigenvalue weighted by Gasteiger charge is 2.33. The predicted molar refractivity (Wildman–Crippen MR) is 110 cm³/mol. The molecule has 4 rings (SSSR count). The lowest BCUT2D eigenvalue weighted by Gasteiger charge is -2.24. The molecule has 1 saturated heterocycles. The molecule has 1 fully saturated rings. The molecule has 142 valence electrons. The molecule has 1 atom stereocenters. The number of rotatable bonds is 5. The SMILES string of the molecule is O=C(C(c1ccccc1)c1ccccc1)N1CC[C@H](Oc2ccncc2Cl)C1. The molecule has 0 bridgehead atoms. The fraction of sp³-hybridized carbons (Fsp3) is 0.217. The zero-order valence-corrected chi connectivity index (χ0v) is 16.1. The van der Waals surface area contributed by atoms with Crippen LogP contribution in [0.1, 0.15) is 23.5 Å². The van der Waals surface area contributed by atoms with E-state index in [0.29, 0.717) is 23.9 Å². The predicted octanol–water partition coefficient (Wildman–Crippen LogP) is 4.55. The van der Waals surface area contributed by atoms with Crippen LogP contribution >= 0.6 is 11.6 Å². The number of hydrogen-bond acceptors (Lipinski definition) is 3. The number of carbonyl (C=O) groups is 1. The van der Waals surface area contributed by atoms with Crippen molar-refractivity contribution in [2.24, 2.45) is 0 Å². The average Bonchev–Trinajstić information content (AvgIpc) is 3.20. The Morgan fingerprint density at radius 1 is 1.04 bits per heavy atom. The standard InChI is InChI=1S/C23H21ClN2O2/c24-20-15-25-13-11-21(20)28-19-12-14-26(16-19)23(27)22(17-7-3-1-4-8-17)18-9-5-2-6-10-18/h1-11,13,15,19,22H,12,14,16H2/t19-/m0/s1. The summed E-state index contributed by atoms with van der Waals surface area (Å²) in [6.07, 6.45) is 3.92. The Morgan fingerprint density at radius 3 is 2.29 bits per heavy atom. The second kappa shape index (κ2) is 8.44. The molecule has 0 unspecified atom stereocenters. The van der Waals surface area contributed by atoms with Gasteiger partial charge in [-0.15, -0.1) is 0 Å². The number of benzene rings is 2. The molecule has 0 saturated carbocycles. The molecule has 2 heterocycles. The van der Waals surface area contributed by atoms with E-state index in [1.54, 1.807) is 18.5 Å². The van der Waals surface area contributed by atoms with Crippen LogP contribution in [0.2, 0.25) is 5.02 Å². The number of aromatic nitrogens is 1. The third-order valence-electron chi connectivity index (χ3n) is 5.00. The maximum absolute atomic E-state index is 13.4. The van der Waals surface area contributed by atoms with E-state index in [2.05, 4.69) is 4.98 Å². The van der Waals surface area contributed by atoms with Gasteiger partial charge in [-0.25, -0.2) is 0 Å². The van der Waals surface area contributed by atoms with Gasteiger partial charge in [0.25, 0.3) is 0 Å². The van der Waals surface area contributed by atoms with Gasteiger partial charge in [0.2, 0.25) is 5.91 Å². The maximum atomic E-state index is 13.4. The molecule has 3 aromatic rings. The summed E-state index contributed by atoms with van der Waals surface area (Å²) in [6.45, 7) is 1.22. The van der Waals surface area contributed by atoms with E-state index >= 15 is 0 Å². The van der Waals surface area contributed by atoms with Gasteiger partial charge in [0.1, 0.15) is 16.9 Å². The monoisotopic (exact) mass is 392 g/mol. The van der Waals surface area contributed by atoms with Gasteiger partial charge in [-0.1, -0.05) is 72.3 Å². The molecule has 1 aliphatic rings. The molecule has 1 aromatic heterocycles. The van der Waals surface area contributed by atoms with Crippen molar-refractivity contribution < 1.29 is 9.53 Å². The number of ether oxygens (including phenoxy) is 1. The molecule has 28 heavy (non-hydrogen) atoms. The molecule has 4 nitrogen and oxygen atoms in total. The summed E-state index contributed by atoms with van der Waals surface area (Å²) in [7, 11) is 0. The van der Waals surface area contributed by atoms with Gasteiger partial charge in [-0.05, 0) is 11.1 Å². The highest BCUT2D eigenvalue weighted by Crippen LogP contribution is 2.30. The summed E-state index contributed by atoms with van der Waals surface area (Å²) in [4.78, 5) is 19.3. The Bertz CT molecular complexity index is 894. The normalized spacial score (nSPS) is 16.4. The van der Waals surface area contributed by atoms with Crippen molar-refractivity contribution >= 4 is 17.5 Å². The van der Waals surface area contributed by atoms with Crippen LogP contribution in [-0.4, -0.2) is 35.0 Å². The molecule has 1 aliphatic heterocycles. The summed E-state index contributed by atoms with van der Waals surface area (Å²) >= 11 is 6.14. The summed E-state index contributed by atoms with van der Waals surface area (Å²) in [6, 6.07) is 21.6. The molecule has 5 heteroatoms. The Balaban J connectivity index is 1.53. The van der Waals surface area contributed by atoms with Crippen molar-refractivity contribution in [1.29, 1.82) is 0 Å². The molecular weight excluding hydrogens is 372 g/mol. The van der Waals surface area contributed by atoms with Crippen molar-refractivity contribution in [3.63, 3.8) is 0 Å². The first-order valence-corrected chi connectivity index (χ1v) is 9.75. The average molecular weight is 393 g/mol. The van der Waals surface area contributed by atoms with Gasteiger partial charge in [-0.3, -0.25) is 9.78 Å². The minimum atomic E-state index is -0.314. The topological polar surface area (TPSA) is 42.4 Å². The van der Waals surface area contributed by atoms with E-state index in [1.165, 1.54) is 0 Å². The summed E-state index contributed by atoms with van der Waals surface area (Å²) < 4.78 is 6.01. The van der Waals surface area contributed by atoms with Crippen molar-refractivity contribution in [3.8, 4) is 5.75 Å². The zero-order chi connectivity index (χ0) is 19.3. The molecule has 0 radical (unpaired) electrons. The lowest BCUT2D eigenvalue weighted by atomic mass is 9.90. The third-order valence-corrected chi connectivity index (χ3v) is 5.28. The fourth-order valence-corrected chi connectivity index (χ4v) is 3.78. The Morgan fingerprint density at radius 2 is 1.68 bits per heavy atom. The molecule has 1 amide bonds. The number of pyridine rings is 1. The summed E-state index contributed by atoms with van der Waals surface area (Å²) in [5, 5.41) is 0.485. The van der Waals surface area contributed by atoms with Gasteiger partial charge in [-0.2, -0.15) is 0 Å². The second-order valence-corrected chi connectivity index (χ2v) is 7.28. The first kappa shape index (κ1) is 18.5. The number of carbonyl (C=O) groups excluding carboxylic acids is 1. The van der Waals surface area contributed by atoms with Gasteiger partial charge in [0, 0.05) is 31.4 Å². The fourth-order valence-electron chi connectivity index (χ4n) is 3.61. The van der Waals surface area contributed by atoms with Crippen molar-refractivity contribution in [3.05, 3.63) is 95.3 Å². The third kappa shape index (κ3) is 4.02. The largest absolute Gasteiger partial charge is 0.487 e. The van der Waals surface area contributed by atoms with Gasteiger partial charge in [0.05, 0.1) is 12.5 Å². The van der Waals surface area contributed by atoms with Crippen LogP contribution in [0.4, 0.5) is 0 Å². The maximum Gasteiger partial charge on any atom is 0.234 e. The first-order chi connectivity index (χ1) is 13.7. The van der Waals surface area contributed by atoms with Gasteiger partial charge in [0.15, 0.2) is 0 Å². The number of likely N-dealkylation sites (tertiary alicyclic amines) is 1. The van der Waals surface area contributed by atoms with E-state index in [0.717, 1.165) is 17.5 Å². The Kier molecular flexibility index (Phi) is 5.58. The lowest BCUT2D eigenvalue weighted by Crippen LogP contribution is -2.35. The summed E-state index contributed by atoms with van der Waals surface area (Å²) in [5.41, 5.74) is 2.00. The van der Waals surface area contributed by atoms with E-state index in [-0.39, 0.29) is 17.9 Å². The molecule has 0 aliphatic carbocycles. The quantitative estimate of drug-likeness (QED) is 0.639. The van der Waals surface area contributed by atoms with Crippen LogP contribution in [0, 0.1) is 0 Å². The number of halogens is 1. The zero-order valence-electron chi connectivity index (χ0n) is 15.4. The lowest BCUT2D eigenvalue weighted by molar-refractivity contribution is -0.131.